The van der Waals surface area contributed by atoms with Crippen LogP contribution in [-0.2, 0) is 14.3 Å². The van der Waals surface area contributed by atoms with Gasteiger partial charge < -0.3 is 4.74 Å². The van der Waals surface area contributed by atoms with Gasteiger partial charge in [0.1, 0.15) is 17.5 Å². The smallest absolute Gasteiger partial charge is 0.164 e. The molecule has 1 aliphatic heterocycles. The van der Waals surface area contributed by atoms with Gasteiger partial charge in [-0.05, 0) is 43.4 Å². The van der Waals surface area contributed by atoms with Gasteiger partial charge in [0.2, 0.25) is 0 Å². The van der Waals surface area contributed by atoms with E-state index in [4.69, 9.17) is 4.74 Å². The Balaban J connectivity index is 1.58. The van der Waals surface area contributed by atoms with Gasteiger partial charge in [-0.25, -0.2) is 0 Å². The Labute approximate surface area is 131 Å². The quantitative estimate of drug-likeness (QED) is 0.510. The van der Waals surface area contributed by atoms with E-state index in [0.717, 1.165) is 32.1 Å². The molecule has 5 aliphatic rings. The van der Waals surface area contributed by atoms with Gasteiger partial charge in [0.25, 0.3) is 0 Å². The molecule has 7 atom stereocenters. The van der Waals surface area contributed by atoms with Crippen molar-refractivity contribution in [3.05, 3.63) is 12.2 Å². The summed E-state index contributed by atoms with van der Waals surface area (Å²) in [6.45, 7) is 4.55. The highest BCUT2D eigenvalue weighted by Gasteiger charge is 2.75. The molecule has 4 fully saturated rings. The van der Waals surface area contributed by atoms with Crippen molar-refractivity contribution >= 4 is 11.6 Å². The van der Waals surface area contributed by atoms with Crippen LogP contribution in [0.1, 0.15) is 52.4 Å². The van der Waals surface area contributed by atoms with Crippen molar-refractivity contribution < 1.29 is 14.3 Å². The molecule has 0 N–H and O–H groups in total. The molecule has 3 nitrogen and oxygen atoms in total. The number of carbonyl (C=O) groups excluding carboxylic acids is 2. The predicted octanol–water partition coefficient (Wildman–Crippen LogP) is 3.07. The number of epoxide rings is 1. The van der Waals surface area contributed by atoms with E-state index in [1.54, 1.807) is 0 Å². The van der Waals surface area contributed by atoms with Gasteiger partial charge in [-0.2, -0.15) is 0 Å². The Morgan fingerprint density at radius 3 is 2.73 bits per heavy atom. The van der Waals surface area contributed by atoms with E-state index in [-0.39, 0.29) is 28.3 Å². The van der Waals surface area contributed by atoms with E-state index in [1.165, 1.54) is 0 Å². The number of fused-ring (bicyclic) bond motifs is 4. The summed E-state index contributed by atoms with van der Waals surface area (Å²) in [6, 6.07) is 0. The van der Waals surface area contributed by atoms with Crippen LogP contribution in [0.25, 0.3) is 0 Å². The zero-order chi connectivity index (χ0) is 15.3. The maximum Gasteiger partial charge on any atom is 0.164 e. The van der Waals surface area contributed by atoms with Crippen molar-refractivity contribution in [2.45, 2.75) is 64.1 Å². The molecule has 4 aliphatic carbocycles. The average Bonchev–Trinajstić information content (AvgIpc) is 3.17. The lowest BCUT2D eigenvalue weighted by atomic mass is 9.47. The number of ketones is 2. The summed E-state index contributed by atoms with van der Waals surface area (Å²) in [7, 11) is 0. The molecule has 1 saturated heterocycles. The van der Waals surface area contributed by atoms with Crippen LogP contribution < -0.4 is 0 Å². The van der Waals surface area contributed by atoms with Crippen LogP contribution in [0.15, 0.2) is 12.2 Å². The first-order valence-electron chi connectivity index (χ1n) is 8.86. The Morgan fingerprint density at radius 1 is 1.09 bits per heavy atom. The maximum atomic E-state index is 12.4. The van der Waals surface area contributed by atoms with Crippen LogP contribution in [0.3, 0.4) is 0 Å². The minimum absolute atomic E-state index is 0.0813. The molecule has 0 aromatic heterocycles. The summed E-state index contributed by atoms with van der Waals surface area (Å²) in [6.07, 6.45) is 9.92. The van der Waals surface area contributed by atoms with Gasteiger partial charge in [-0.1, -0.05) is 26.0 Å². The fourth-order valence-corrected chi connectivity index (χ4v) is 6.63. The zero-order valence-electron chi connectivity index (χ0n) is 13.4. The Bertz CT molecular complexity index is 622. The zero-order valence-corrected chi connectivity index (χ0v) is 13.4. The summed E-state index contributed by atoms with van der Waals surface area (Å²) in [5.41, 5.74) is -0.321. The molecule has 0 aromatic rings. The highest BCUT2D eigenvalue weighted by atomic mass is 16.6. The fourth-order valence-electron chi connectivity index (χ4n) is 6.63. The summed E-state index contributed by atoms with van der Waals surface area (Å²) in [4.78, 5) is 24.4. The van der Waals surface area contributed by atoms with Crippen molar-refractivity contribution in [3.63, 3.8) is 0 Å². The molecule has 118 valence electrons. The largest absolute Gasteiger partial charge is 0.353 e. The summed E-state index contributed by atoms with van der Waals surface area (Å²) < 4.78 is 5.99. The van der Waals surface area contributed by atoms with Crippen LogP contribution in [-0.4, -0.2) is 23.3 Å². The van der Waals surface area contributed by atoms with Gasteiger partial charge in [0.05, 0.1) is 0 Å². The lowest BCUT2D eigenvalue weighted by molar-refractivity contribution is -0.132. The van der Waals surface area contributed by atoms with Crippen molar-refractivity contribution in [1.29, 1.82) is 0 Å². The van der Waals surface area contributed by atoms with E-state index in [0.29, 0.717) is 30.0 Å². The second-order valence-electron chi connectivity index (χ2n) is 8.74. The molecular weight excluding hydrogens is 276 g/mol. The maximum absolute atomic E-state index is 12.4. The molecule has 5 rings (SSSR count). The van der Waals surface area contributed by atoms with Gasteiger partial charge in [-0.3, -0.25) is 9.59 Å². The summed E-state index contributed by atoms with van der Waals surface area (Å²) in [5, 5.41) is 0. The van der Waals surface area contributed by atoms with Gasteiger partial charge in [0.15, 0.2) is 5.78 Å². The Hall–Kier alpha value is -0.960. The number of carbonyl (C=O) groups is 2. The predicted molar refractivity (Wildman–Crippen MR) is 81.1 cm³/mol. The molecule has 0 bridgehead atoms. The van der Waals surface area contributed by atoms with Crippen molar-refractivity contribution in [3.8, 4) is 0 Å². The van der Waals surface area contributed by atoms with E-state index in [1.807, 2.05) is 0 Å². The van der Waals surface area contributed by atoms with Crippen LogP contribution in [0.4, 0.5) is 0 Å². The lowest BCUT2D eigenvalue weighted by Crippen LogP contribution is -2.56. The topological polar surface area (TPSA) is 46.7 Å². The van der Waals surface area contributed by atoms with Crippen molar-refractivity contribution in [2.75, 3.05) is 0 Å². The second-order valence-corrected chi connectivity index (χ2v) is 8.74. The molecule has 3 heteroatoms. The molecular formula is C19H24O3. The van der Waals surface area contributed by atoms with Gasteiger partial charge in [0, 0.05) is 23.7 Å². The van der Waals surface area contributed by atoms with Crippen molar-refractivity contribution in [1.82, 2.24) is 0 Å². The minimum Gasteiger partial charge on any atom is -0.353 e. The molecule has 3 saturated carbocycles. The first-order chi connectivity index (χ1) is 10.4. The molecule has 22 heavy (non-hydrogen) atoms. The van der Waals surface area contributed by atoms with Crippen LogP contribution in [0.2, 0.25) is 0 Å². The van der Waals surface area contributed by atoms with Crippen LogP contribution >= 0.6 is 0 Å². The van der Waals surface area contributed by atoms with Crippen molar-refractivity contribution in [2.24, 2.45) is 28.6 Å². The molecule has 2 unspecified atom stereocenters. The third-order valence-corrected chi connectivity index (χ3v) is 8.15. The summed E-state index contributed by atoms with van der Waals surface area (Å²) in [5.74, 6) is 2.34. The van der Waals surface area contributed by atoms with Gasteiger partial charge in [-0.15, -0.1) is 0 Å². The van der Waals surface area contributed by atoms with Gasteiger partial charge >= 0.3 is 0 Å². The number of hydrogen-bond acceptors (Lipinski definition) is 3. The SMILES string of the molecule is C[C@]12CC[C@H]3[C@@H](C=CC45OC4C(=O)CC[C@]35C)[C@@H]1CCC2=O. The lowest BCUT2D eigenvalue weighted by Gasteiger charge is -2.55. The number of rotatable bonds is 0. The normalized spacial score (nSPS) is 58.6. The Morgan fingerprint density at radius 2 is 1.91 bits per heavy atom. The Kier molecular flexibility index (Phi) is 2.29. The number of allylic oxidation sites excluding steroid dienone is 1. The molecule has 0 aromatic carbocycles. The van der Waals surface area contributed by atoms with E-state index < -0.39 is 0 Å². The fraction of sp³-hybridized carbons (Fsp3) is 0.789. The number of ether oxygens (including phenoxy) is 1. The van der Waals surface area contributed by atoms with E-state index >= 15 is 0 Å². The highest BCUT2D eigenvalue weighted by molar-refractivity contribution is 5.90. The van der Waals surface area contributed by atoms with Crippen LogP contribution in [0, 0.1) is 28.6 Å². The first-order valence-corrected chi connectivity index (χ1v) is 8.86. The molecule has 1 spiro atoms. The third kappa shape index (κ3) is 1.26. The van der Waals surface area contributed by atoms with E-state index in [9.17, 15) is 9.59 Å². The monoisotopic (exact) mass is 300 g/mol. The minimum atomic E-state index is -0.306. The number of hydrogen-bond donors (Lipinski definition) is 0. The third-order valence-electron chi connectivity index (χ3n) is 8.15. The standard InChI is InChI=1S/C19H24O3/c1-17-8-6-13-11(12(17)3-4-15(17)21)5-10-19-16(22-19)14(20)7-9-18(13,19)2/h5,10-13,16H,3-4,6-9H2,1-2H3/t11-,12-,13-,16?,17-,18+,19?/m0/s1. The first kappa shape index (κ1) is 13.5. The number of Topliss-reactive ketones (excluding diaryl/α,β-unsaturated/α-hetero) is 2. The molecule has 1 heterocycles. The van der Waals surface area contributed by atoms with Crippen LogP contribution in [0.5, 0.6) is 0 Å². The highest BCUT2D eigenvalue weighted by Crippen LogP contribution is 2.69. The summed E-state index contributed by atoms with van der Waals surface area (Å²) >= 11 is 0. The average molecular weight is 300 g/mol. The van der Waals surface area contributed by atoms with E-state index in [2.05, 4.69) is 26.0 Å². The molecule has 0 amide bonds. The molecule has 0 radical (unpaired) electrons. The second kappa shape index (κ2) is 3.75.